The van der Waals surface area contributed by atoms with Gasteiger partial charge in [-0.15, -0.1) is 0 Å². The highest BCUT2D eigenvalue weighted by Crippen LogP contribution is 2.09. The van der Waals surface area contributed by atoms with Gasteiger partial charge in [-0.05, 0) is 19.4 Å². The van der Waals surface area contributed by atoms with Crippen molar-refractivity contribution in [3.05, 3.63) is 0 Å². The van der Waals surface area contributed by atoms with Crippen LogP contribution in [0, 0.1) is 5.92 Å². The predicted molar refractivity (Wildman–Crippen MR) is 59.8 cm³/mol. The van der Waals surface area contributed by atoms with Gasteiger partial charge in [0.2, 0.25) is 0 Å². The zero-order valence-electron chi connectivity index (χ0n) is 9.94. The first-order valence-corrected chi connectivity index (χ1v) is 5.64. The largest absolute Gasteiger partial charge is 0.481 e. The number of aliphatic hydroxyl groups is 1. The highest BCUT2D eigenvalue weighted by molar-refractivity contribution is 5.69. The molecule has 0 spiro atoms. The van der Waals surface area contributed by atoms with E-state index < -0.39 is 5.97 Å². The minimum Gasteiger partial charge on any atom is -0.481 e. The van der Waals surface area contributed by atoms with E-state index in [1.165, 1.54) is 0 Å². The lowest BCUT2D eigenvalue weighted by Gasteiger charge is -2.30. The zero-order valence-corrected chi connectivity index (χ0v) is 9.94. The van der Waals surface area contributed by atoms with Gasteiger partial charge in [0.25, 0.3) is 0 Å². The number of carboxylic acid groups (broad SMARTS) is 1. The van der Waals surface area contributed by atoms with Gasteiger partial charge in [-0.3, -0.25) is 9.69 Å². The summed E-state index contributed by atoms with van der Waals surface area (Å²) in [6, 6.07) is 0.0896. The fourth-order valence-electron chi connectivity index (χ4n) is 1.64. The Morgan fingerprint density at radius 3 is 2.33 bits per heavy atom. The van der Waals surface area contributed by atoms with E-state index in [1.807, 2.05) is 6.92 Å². The van der Waals surface area contributed by atoms with Crippen molar-refractivity contribution in [3.63, 3.8) is 0 Å². The molecule has 2 unspecified atom stereocenters. The van der Waals surface area contributed by atoms with Gasteiger partial charge in [-0.2, -0.15) is 0 Å². The fraction of sp³-hybridized carbons (Fsp3) is 0.909. The van der Waals surface area contributed by atoms with E-state index in [0.29, 0.717) is 6.54 Å². The van der Waals surface area contributed by atoms with Gasteiger partial charge in [-0.25, -0.2) is 0 Å². The van der Waals surface area contributed by atoms with E-state index in [2.05, 4.69) is 11.8 Å². The van der Waals surface area contributed by atoms with Crippen LogP contribution in [0.15, 0.2) is 0 Å². The average molecular weight is 217 g/mol. The molecule has 0 saturated carbocycles. The Kier molecular flexibility index (Phi) is 7.34. The summed E-state index contributed by atoms with van der Waals surface area (Å²) in [6.07, 6.45) is 1.83. The first kappa shape index (κ1) is 14.4. The van der Waals surface area contributed by atoms with Crippen molar-refractivity contribution < 1.29 is 15.0 Å². The van der Waals surface area contributed by atoms with Crippen LogP contribution in [-0.4, -0.2) is 46.8 Å². The third-order valence-corrected chi connectivity index (χ3v) is 2.64. The molecule has 0 amide bonds. The van der Waals surface area contributed by atoms with Crippen LogP contribution >= 0.6 is 0 Å². The Morgan fingerprint density at radius 1 is 1.40 bits per heavy atom. The third kappa shape index (κ3) is 5.14. The maximum Gasteiger partial charge on any atom is 0.307 e. The molecule has 0 rings (SSSR count). The first-order valence-electron chi connectivity index (χ1n) is 5.64. The van der Waals surface area contributed by atoms with Crippen molar-refractivity contribution >= 4 is 5.97 Å². The lowest BCUT2D eigenvalue weighted by Crippen LogP contribution is -2.42. The minimum atomic E-state index is -0.774. The van der Waals surface area contributed by atoms with E-state index in [0.717, 1.165) is 19.4 Å². The van der Waals surface area contributed by atoms with E-state index in [4.69, 9.17) is 5.11 Å². The topological polar surface area (TPSA) is 60.8 Å². The number of rotatable bonds is 8. The summed E-state index contributed by atoms with van der Waals surface area (Å²) in [7, 11) is 0. The van der Waals surface area contributed by atoms with E-state index in [-0.39, 0.29) is 18.6 Å². The molecule has 0 aromatic carbocycles. The summed E-state index contributed by atoms with van der Waals surface area (Å²) in [5.74, 6) is -1.15. The lowest BCUT2D eigenvalue weighted by atomic mass is 10.1. The molecule has 0 radical (unpaired) electrons. The molecule has 0 fully saturated rings. The van der Waals surface area contributed by atoms with Crippen LogP contribution in [0.1, 0.15) is 33.6 Å². The maximum atomic E-state index is 10.7. The summed E-state index contributed by atoms with van der Waals surface area (Å²) in [5.41, 5.74) is 0. The van der Waals surface area contributed by atoms with Crippen LogP contribution in [0.4, 0.5) is 0 Å². The van der Waals surface area contributed by atoms with Crippen LogP contribution in [0.25, 0.3) is 0 Å². The molecule has 0 saturated heterocycles. The highest BCUT2D eigenvalue weighted by Gasteiger charge is 2.20. The van der Waals surface area contributed by atoms with E-state index in [1.54, 1.807) is 6.92 Å². The number of carbonyl (C=O) groups is 1. The number of nitrogens with zero attached hydrogens (tertiary/aromatic N) is 1. The molecule has 4 nitrogen and oxygen atoms in total. The molecule has 90 valence electrons. The summed E-state index contributed by atoms with van der Waals surface area (Å²) >= 11 is 0. The SMILES string of the molecule is CCCN(CC(C)C(=O)O)C(CC)CO. The van der Waals surface area contributed by atoms with Crippen LogP contribution in [0.5, 0.6) is 0 Å². The molecule has 2 N–H and O–H groups in total. The molecule has 0 aromatic heterocycles. The van der Waals surface area contributed by atoms with Gasteiger partial charge < -0.3 is 10.2 Å². The van der Waals surface area contributed by atoms with Crippen LogP contribution in [0.3, 0.4) is 0 Å². The van der Waals surface area contributed by atoms with Gasteiger partial charge in [0.1, 0.15) is 0 Å². The van der Waals surface area contributed by atoms with Gasteiger partial charge in [0, 0.05) is 12.6 Å². The molecular weight excluding hydrogens is 194 g/mol. The lowest BCUT2D eigenvalue weighted by molar-refractivity contribution is -0.142. The zero-order chi connectivity index (χ0) is 11.8. The van der Waals surface area contributed by atoms with Crippen molar-refractivity contribution in [1.82, 2.24) is 4.90 Å². The highest BCUT2D eigenvalue weighted by atomic mass is 16.4. The van der Waals surface area contributed by atoms with Crippen molar-refractivity contribution in [3.8, 4) is 0 Å². The van der Waals surface area contributed by atoms with Crippen LogP contribution in [0.2, 0.25) is 0 Å². The smallest absolute Gasteiger partial charge is 0.307 e. The molecule has 0 aliphatic carbocycles. The van der Waals surface area contributed by atoms with Crippen molar-refractivity contribution in [2.75, 3.05) is 19.7 Å². The molecular formula is C11H23NO3. The minimum absolute atomic E-state index is 0.0896. The van der Waals surface area contributed by atoms with Gasteiger partial charge in [0.15, 0.2) is 0 Å². The number of aliphatic hydroxyl groups excluding tert-OH is 1. The van der Waals surface area contributed by atoms with Crippen molar-refractivity contribution in [1.29, 1.82) is 0 Å². The number of hydrogen-bond acceptors (Lipinski definition) is 3. The predicted octanol–water partition coefficient (Wildman–Crippen LogP) is 1.19. The summed E-state index contributed by atoms with van der Waals surface area (Å²) in [6.45, 7) is 7.23. The summed E-state index contributed by atoms with van der Waals surface area (Å²) in [5, 5.41) is 18.0. The van der Waals surface area contributed by atoms with E-state index >= 15 is 0 Å². The Bertz CT molecular complexity index is 181. The molecule has 15 heavy (non-hydrogen) atoms. The molecule has 2 atom stereocenters. The number of aliphatic carboxylic acids is 1. The quantitative estimate of drug-likeness (QED) is 0.641. The van der Waals surface area contributed by atoms with Crippen LogP contribution < -0.4 is 0 Å². The Hall–Kier alpha value is -0.610. The second kappa shape index (κ2) is 7.65. The molecule has 0 bridgehead atoms. The van der Waals surface area contributed by atoms with Gasteiger partial charge in [0.05, 0.1) is 12.5 Å². The summed E-state index contributed by atoms with van der Waals surface area (Å²) < 4.78 is 0. The second-order valence-electron chi connectivity index (χ2n) is 3.98. The molecule has 0 aliphatic rings. The number of carboxylic acids is 1. The normalized spacial score (nSPS) is 15.3. The fourth-order valence-corrected chi connectivity index (χ4v) is 1.64. The Balaban J connectivity index is 4.30. The molecule has 4 heteroatoms. The molecule has 0 aromatic rings. The maximum absolute atomic E-state index is 10.7. The van der Waals surface area contributed by atoms with Gasteiger partial charge in [-0.1, -0.05) is 20.8 Å². The second-order valence-corrected chi connectivity index (χ2v) is 3.98. The van der Waals surface area contributed by atoms with E-state index in [9.17, 15) is 9.90 Å². The third-order valence-electron chi connectivity index (χ3n) is 2.64. The summed E-state index contributed by atoms with van der Waals surface area (Å²) in [4.78, 5) is 12.8. The number of hydrogen-bond donors (Lipinski definition) is 2. The molecule has 0 heterocycles. The monoisotopic (exact) mass is 217 g/mol. The van der Waals surface area contributed by atoms with Crippen molar-refractivity contribution in [2.24, 2.45) is 5.92 Å². The standard InChI is InChI=1S/C11H23NO3/c1-4-6-12(10(5-2)8-13)7-9(3)11(14)15/h9-10,13H,4-8H2,1-3H3,(H,14,15). The Labute approximate surface area is 91.9 Å². The average Bonchev–Trinajstić information content (AvgIpc) is 2.19. The Morgan fingerprint density at radius 2 is 2.00 bits per heavy atom. The van der Waals surface area contributed by atoms with Crippen molar-refractivity contribution in [2.45, 2.75) is 39.7 Å². The van der Waals surface area contributed by atoms with Gasteiger partial charge >= 0.3 is 5.97 Å². The molecule has 0 aliphatic heterocycles. The first-order chi connectivity index (χ1) is 7.06. The van der Waals surface area contributed by atoms with Crippen LogP contribution in [-0.2, 0) is 4.79 Å².